The van der Waals surface area contributed by atoms with Crippen LogP contribution in [0.2, 0.25) is 0 Å². The molecule has 0 spiro atoms. The molecule has 0 saturated carbocycles. The van der Waals surface area contributed by atoms with Crippen LogP contribution >= 0.6 is 0 Å². The molecule has 2 aromatic rings. The minimum atomic E-state index is 0.313. The molecule has 0 unspecified atom stereocenters. The summed E-state index contributed by atoms with van der Waals surface area (Å²) < 4.78 is 2.32. The lowest BCUT2D eigenvalue weighted by Crippen LogP contribution is -2.14. The minimum absolute atomic E-state index is 0.313. The number of aromatic nitrogens is 1. The molecule has 2 heteroatoms. The van der Waals surface area contributed by atoms with Gasteiger partial charge in [0.05, 0.1) is 0 Å². The van der Waals surface area contributed by atoms with Crippen LogP contribution in [0.5, 0.6) is 0 Å². The van der Waals surface area contributed by atoms with E-state index in [1.165, 1.54) is 22.5 Å². The maximum absolute atomic E-state index is 12.0. The zero-order chi connectivity index (χ0) is 15.0. The van der Waals surface area contributed by atoms with Gasteiger partial charge in [-0.1, -0.05) is 38.1 Å². The summed E-state index contributed by atoms with van der Waals surface area (Å²) in [5.41, 5.74) is 6.07. The molecular weight excluding hydrogens is 258 g/mol. The summed E-state index contributed by atoms with van der Waals surface area (Å²) in [6, 6.07) is 10.9. The molecule has 0 radical (unpaired) electrons. The number of hydrogen-bond donors (Lipinski definition) is 0. The van der Waals surface area contributed by atoms with E-state index >= 15 is 0 Å². The molecule has 21 heavy (non-hydrogen) atoms. The first kappa shape index (κ1) is 14.1. The molecule has 0 saturated heterocycles. The van der Waals surface area contributed by atoms with Gasteiger partial charge in [0.15, 0.2) is 5.78 Å². The lowest BCUT2D eigenvalue weighted by atomic mass is 9.96. The number of fused-ring (bicyclic) bond motifs is 1. The van der Waals surface area contributed by atoms with Crippen LogP contribution in [0.4, 0.5) is 0 Å². The van der Waals surface area contributed by atoms with Gasteiger partial charge in [0.25, 0.3) is 0 Å². The number of rotatable bonds is 3. The topological polar surface area (TPSA) is 22.0 Å². The van der Waals surface area contributed by atoms with E-state index in [9.17, 15) is 4.79 Å². The summed E-state index contributed by atoms with van der Waals surface area (Å²) in [5, 5.41) is 0. The number of benzene rings is 1. The van der Waals surface area contributed by atoms with Crippen molar-refractivity contribution in [1.82, 2.24) is 4.57 Å². The maximum Gasteiger partial charge on any atom is 0.164 e. The highest BCUT2D eigenvalue weighted by Gasteiger charge is 2.22. The second kappa shape index (κ2) is 5.51. The number of aryl methyl sites for hydroxylation is 1. The Balaban J connectivity index is 1.90. The van der Waals surface area contributed by atoms with E-state index in [2.05, 4.69) is 55.7 Å². The number of carbonyl (C=O) groups excluding carboxylic acids is 1. The van der Waals surface area contributed by atoms with Gasteiger partial charge in [-0.15, -0.1) is 0 Å². The van der Waals surface area contributed by atoms with Gasteiger partial charge in [0.1, 0.15) is 0 Å². The third-order valence-electron chi connectivity index (χ3n) is 4.52. The van der Waals surface area contributed by atoms with Crippen molar-refractivity contribution >= 4 is 5.78 Å². The Morgan fingerprint density at radius 2 is 1.86 bits per heavy atom. The molecule has 1 aromatic carbocycles. The molecule has 110 valence electrons. The molecule has 3 rings (SSSR count). The molecule has 1 aromatic heterocycles. The first-order valence-corrected chi connectivity index (χ1v) is 7.87. The smallest absolute Gasteiger partial charge is 0.164 e. The summed E-state index contributed by atoms with van der Waals surface area (Å²) in [6.45, 7) is 7.40. The van der Waals surface area contributed by atoms with Crippen LogP contribution in [-0.2, 0) is 13.0 Å². The molecule has 0 N–H and O–H groups in total. The Hall–Kier alpha value is -1.83. The van der Waals surface area contributed by atoms with E-state index in [1.54, 1.807) is 0 Å². The lowest BCUT2D eigenvalue weighted by molar-refractivity contribution is 0.0972. The van der Waals surface area contributed by atoms with Gasteiger partial charge in [0.2, 0.25) is 0 Å². The quantitative estimate of drug-likeness (QED) is 0.812. The molecule has 1 aliphatic rings. The molecule has 0 fully saturated rings. The standard InChI is InChI=1S/C19H23NO/c1-13(2)16-9-7-15(8-10-16)12-20-14(3)11-17-18(20)5-4-6-19(17)21/h7-11,13H,4-6,12H2,1-3H3. The maximum atomic E-state index is 12.0. The predicted octanol–water partition coefficient (Wildman–Crippen LogP) is 4.49. The molecule has 0 amide bonds. The SMILES string of the molecule is Cc1cc2c(n1Cc1ccc(C(C)C)cc1)CCCC2=O. The van der Waals surface area contributed by atoms with Crippen molar-refractivity contribution in [2.24, 2.45) is 0 Å². The zero-order valence-electron chi connectivity index (χ0n) is 13.1. The average molecular weight is 281 g/mol. The summed E-state index contributed by atoms with van der Waals surface area (Å²) in [7, 11) is 0. The second-order valence-corrected chi connectivity index (χ2v) is 6.41. The largest absolute Gasteiger partial charge is 0.344 e. The number of hydrogen-bond acceptors (Lipinski definition) is 1. The molecule has 2 nitrogen and oxygen atoms in total. The predicted molar refractivity (Wildman–Crippen MR) is 86.1 cm³/mol. The van der Waals surface area contributed by atoms with E-state index in [-0.39, 0.29) is 0 Å². The van der Waals surface area contributed by atoms with Crippen LogP contribution in [0.3, 0.4) is 0 Å². The second-order valence-electron chi connectivity index (χ2n) is 6.41. The Labute approximate surface area is 126 Å². The average Bonchev–Trinajstić information content (AvgIpc) is 2.78. The molecule has 0 bridgehead atoms. The fraction of sp³-hybridized carbons (Fsp3) is 0.421. The van der Waals surface area contributed by atoms with Gasteiger partial charge in [0, 0.05) is 29.9 Å². The first-order valence-electron chi connectivity index (χ1n) is 7.87. The van der Waals surface area contributed by atoms with Crippen molar-refractivity contribution in [2.45, 2.75) is 52.5 Å². The summed E-state index contributed by atoms with van der Waals surface area (Å²) in [4.78, 5) is 12.0. The highest BCUT2D eigenvalue weighted by Crippen LogP contribution is 2.26. The van der Waals surface area contributed by atoms with Gasteiger partial charge in [-0.3, -0.25) is 4.79 Å². The van der Waals surface area contributed by atoms with E-state index in [0.717, 1.165) is 24.9 Å². The molecule has 0 atom stereocenters. The van der Waals surface area contributed by atoms with E-state index in [4.69, 9.17) is 0 Å². The van der Waals surface area contributed by atoms with Crippen LogP contribution in [0, 0.1) is 6.92 Å². The highest BCUT2D eigenvalue weighted by molar-refractivity contribution is 5.98. The van der Waals surface area contributed by atoms with Crippen molar-refractivity contribution < 1.29 is 4.79 Å². The number of Topliss-reactive ketones (excluding diaryl/α,β-unsaturated/α-hetero) is 1. The summed E-state index contributed by atoms with van der Waals surface area (Å²) >= 11 is 0. The van der Waals surface area contributed by atoms with Gasteiger partial charge in [-0.05, 0) is 42.9 Å². The molecular formula is C19H23NO. The molecule has 1 aliphatic carbocycles. The fourth-order valence-electron chi connectivity index (χ4n) is 3.20. The Bertz CT molecular complexity index is 662. The van der Waals surface area contributed by atoms with E-state index in [0.29, 0.717) is 18.1 Å². The van der Waals surface area contributed by atoms with Gasteiger partial charge >= 0.3 is 0 Å². The van der Waals surface area contributed by atoms with Crippen LogP contribution in [0.25, 0.3) is 0 Å². The van der Waals surface area contributed by atoms with Crippen molar-refractivity contribution in [3.63, 3.8) is 0 Å². The summed E-state index contributed by atoms with van der Waals surface area (Å²) in [6.07, 6.45) is 2.72. The Morgan fingerprint density at radius 3 is 2.52 bits per heavy atom. The Kier molecular flexibility index (Phi) is 3.71. The van der Waals surface area contributed by atoms with E-state index < -0.39 is 0 Å². The lowest BCUT2D eigenvalue weighted by Gasteiger charge is -2.16. The van der Waals surface area contributed by atoms with Gasteiger partial charge in [-0.25, -0.2) is 0 Å². The Morgan fingerprint density at radius 1 is 1.14 bits per heavy atom. The van der Waals surface area contributed by atoms with Crippen molar-refractivity contribution in [1.29, 1.82) is 0 Å². The highest BCUT2D eigenvalue weighted by atomic mass is 16.1. The van der Waals surface area contributed by atoms with Crippen LogP contribution in [-0.4, -0.2) is 10.4 Å². The molecule has 1 heterocycles. The van der Waals surface area contributed by atoms with Gasteiger partial charge in [-0.2, -0.15) is 0 Å². The normalized spacial score (nSPS) is 14.6. The number of nitrogens with zero attached hydrogens (tertiary/aromatic N) is 1. The van der Waals surface area contributed by atoms with E-state index in [1.807, 2.05) is 0 Å². The van der Waals surface area contributed by atoms with Crippen LogP contribution in [0.1, 0.15) is 65.5 Å². The van der Waals surface area contributed by atoms with Crippen molar-refractivity contribution in [3.8, 4) is 0 Å². The van der Waals surface area contributed by atoms with Crippen LogP contribution < -0.4 is 0 Å². The molecule has 0 aliphatic heterocycles. The summed E-state index contributed by atoms with van der Waals surface area (Å²) in [5.74, 6) is 0.881. The first-order chi connectivity index (χ1) is 10.1. The van der Waals surface area contributed by atoms with Crippen molar-refractivity contribution in [3.05, 3.63) is 58.4 Å². The zero-order valence-corrected chi connectivity index (χ0v) is 13.1. The number of ketones is 1. The number of carbonyl (C=O) groups is 1. The minimum Gasteiger partial charge on any atom is -0.344 e. The van der Waals surface area contributed by atoms with Crippen molar-refractivity contribution in [2.75, 3.05) is 0 Å². The van der Waals surface area contributed by atoms with Crippen LogP contribution in [0.15, 0.2) is 30.3 Å². The van der Waals surface area contributed by atoms with Gasteiger partial charge < -0.3 is 4.57 Å². The third kappa shape index (κ3) is 2.67. The third-order valence-corrected chi connectivity index (χ3v) is 4.52. The fourth-order valence-corrected chi connectivity index (χ4v) is 3.20. The monoisotopic (exact) mass is 281 g/mol.